The summed E-state index contributed by atoms with van der Waals surface area (Å²) in [5.74, 6) is 0.958. The minimum absolute atomic E-state index is 0.808. The number of benzene rings is 1. The molecule has 2 rings (SSSR count). The van der Waals surface area contributed by atoms with Crippen LogP contribution in [-0.4, -0.2) is 23.4 Å². The van der Waals surface area contributed by atoms with E-state index in [-0.39, 0.29) is 0 Å². The minimum Gasteiger partial charge on any atom is -0.496 e. The van der Waals surface area contributed by atoms with Gasteiger partial charge in [0.2, 0.25) is 0 Å². The van der Waals surface area contributed by atoms with Gasteiger partial charge in [-0.15, -0.1) is 0 Å². The van der Waals surface area contributed by atoms with Gasteiger partial charge in [-0.2, -0.15) is 5.10 Å². The molecule has 0 amide bonds. The molecule has 19 heavy (non-hydrogen) atoms. The predicted octanol–water partition coefficient (Wildman–Crippen LogP) is 2.24. The Hall–Kier alpha value is -1.81. The number of hydrogen-bond acceptors (Lipinski definition) is 3. The monoisotopic (exact) mass is 259 g/mol. The van der Waals surface area contributed by atoms with E-state index in [0.29, 0.717) is 0 Å². The van der Waals surface area contributed by atoms with Crippen LogP contribution in [0.1, 0.15) is 18.2 Å². The quantitative estimate of drug-likeness (QED) is 0.775. The number of aromatic nitrogens is 2. The molecule has 0 aliphatic rings. The van der Waals surface area contributed by atoms with Crippen molar-refractivity contribution in [2.24, 2.45) is 0 Å². The smallest absolute Gasteiger partial charge is 0.122 e. The summed E-state index contributed by atoms with van der Waals surface area (Å²) >= 11 is 0. The Labute approximate surface area is 114 Å². The highest BCUT2D eigenvalue weighted by atomic mass is 16.5. The maximum Gasteiger partial charge on any atom is 0.122 e. The zero-order valence-corrected chi connectivity index (χ0v) is 11.6. The fraction of sp³-hybridized carbons (Fsp3) is 0.400. The summed E-state index contributed by atoms with van der Waals surface area (Å²) in [5, 5.41) is 7.84. The minimum atomic E-state index is 0.808. The average molecular weight is 259 g/mol. The maximum atomic E-state index is 5.34. The van der Waals surface area contributed by atoms with Crippen LogP contribution in [0.25, 0.3) is 0 Å². The molecule has 1 heterocycles. The van der Waals surface area contributed by atoms with Crippen molar-refractivity contribution in [2.75, 3.05) is 13.7 Å². The molecule has 0 unspecified atom stereocenters. The Morgan fingerprint density at radius 1 is 1.26 bits per heavy atom. The molecule has 0 saturated carbocycles. The van der Waals surface area contributed by atoms with Gasteiger partial charge >= 0.3 is 0 Å². The SMILES string of the molecule is CCn1ccc(CNCCc2ccccc2OC)n1. The maximum absolute atomic E-state index is 5.34. The highest BCUT2D eigenvalue weighted by Gasteiger charge is 2.01. The molecule has 4 nitrogen and oxygen atoms in total. The second kappa shape index (κ2) is 6.95. The number of rotatable bonds is 7. The van der Waals surface area contributed by atoms with Crippen molar-refractivity contribution < 1.29 is 4.74 Å². The zero-order chi connectivity index (χ0) is 13.5. The molecule has 0 saturated heterocycles. The van der Waals surface area contributed by atoms with E-state index in [1.165, 1.54) is 5.56 Å². The van der Waals surface area contributed by atoms with Gasteiger partial charge in [-0.05, 0) is 37.6 Å². The summed E-state index contributed by atoms with van der Waals surface area (Å²) in [7, 11) is 1.71. The first-order chi connectivity index (χ1) is 9.33. The highest BCUT2D eigenvalue weighted by molar-refractivity contribution is 5.33. The summed E-state index contributed by atoms with van der Waals surface area (Å²) < 4.78 is 7.28. The molecule has 102 valence electrons. The molecule has 0 atom stereocenters. The molecular weight excluding hydrogens is 238 g/mol. The van der Waals surface area contributed by atoms with Gasteiger partial charge in [0, 0.05) is 19.3 Å². The van der Waals surface area contributed by atoms with E-state index in [9.17, 15) is 0 Å². The Morgan fingerprint density at radius 3 is 2.84 bits per heavy atom. The van der Waals surface area contributed by atoms with E-state index in [1.807, 2.05) is 29.1 Å². The summed E-state index contributed by atoms with van der Waals surface area (Å²) in [4.78, 5) is 0. The van der Waals surface area contributed by atoms with Crippen LogP contribution in [0, 0.1) is 0 Å². The molecule has 1 aromatic carbocycles. The molecule has 0 bridgehead atoms. The van der Waals surface area contributed by atoms with Gasteiger partial charge in [-0.25, -0.2) is 0 Å². The third-order valence-electron chi connectivity index (χ3n) is 3.09. The van der Waals surface area contributed by atoms with Crippen LogP contribution in [0.2, 0.25) is 0 Å². The molecule has 1 aromatic heterocycles. The molecule has 4 heteroatoms. The van der Waals surface area contributed by atoms with Crippen LogP contribution in [0.5, 0.6) is 5.75 Å². The molecule has 0 fully saturated rings. The van der Waals surface area contributed by atoms with E-state index < -0.39 is 0 Å². The lowest BCUT2D eigenvalue weighted by Crippen LogP contribution is -2.17. The van der Waals surface area contributed by atoms with Gasteiger partial charge in [0.15, 0.2) is 0 Å². The Kier molecular flexibility index (Phi) is 4.98. The summed E-state index contributed by atoms with van der Waals surface area (Å²) in [6, 6.07) is 10.2. The molecule has 0 radical (unpaired) electrons. The van der Waals surface area contributed by atoms with Crippen molar-refractivity contribution in [2.45, 2.75) is 26.4 Å². The van der Waals surface area contributed by atoms with Gasteiger partial charge in [-0.3, -0.25) is 4.68 Å². The topological polar surface area (TPSA) is 39.1 Å². The Morgan fingerprint density at radius 2 is 2.11 bits per heavy atom. The van der Waals surface area contributed by atoms with Gasteiger partial charge in [0.1, 0.15) is 5.75 Å². The summed E-state index contributed by atoms with van der Waals surface area (Å²) in [6.45, 7) is 4.73. The first-order valence-corrected chi connectivity index (χ1v) is 6.68. The molecule has 0 aliphatic heterocycles. The number of methoxy groups -OCH3 is 1. The number of para-hydroxylation sites is 1. The van der Waals surface area contributed by atoms with Crippen molar-refractivity contribution in [3.05, 3.63) is 47.8 Å². The second-order valence-electron chi connectivity index (χ2n) is 4.40. The number of nitrogens with one attached hydrogen (secondary N) is 1. The Balaban J connectivity index is 1.77. The van der Waals surface area contributed by atoms with E-state index >= 15 is 0 Å². The summed E-state index contributed by atoms with van der Waals surface area (Å²) in [6.07, 6.45) is 2.97. The highest BCUT2D eigenvalue weighted by Crippen LogP contribution is 2.17. The van der Waals surface area contributed by atoms with Gasteiger partial charge in [0.25, 0.3) is 0 Å². The Bertz CT molecular complexity index is 508. The van der Waals surface area contributed by atoms with Crippen molar-refractivity contribution in [1.82, 2.24) is 15.1 Å². The first-order valence-electron chi connectivity index (χ1n) is 6.68. The third-order valence-corrected chi connectivity index (χ3v) is 3.09. The van der Waals surface area contributed by atoms with Crippen molar-refractivity contribution in [1.29, 1.82) is 0 Å². The number of hydrogen-bond donors (Lipinski definition) is 1. The van der Waals surface area contributed by atoms with Gasteiger partial charge in [-0.1, -0.05) is 18.2 Å². The lowest BCUT2D eigenvalue weighted by molar-refractivity contribution is 0.409. The van der Waals surface area contributed by atoms with E-state index in [1.54, 1.807) is 7.11 Å². The van der Waals surface area contributed by atoms with Crippen molar-refractivity contribution >= 4 is 0 Å². The molecule has 2 aromatic rings. The van der Waals surface area contributed by atoms with Crippen LogP contribution >= 0.6 is 0 Å². The first kappa shape index (κ1) is 13.6. The zero-order valence-electron chi connectivity index (χ0n) is 11.6. The fourth-order valence-electron chi connectivity index (χ4n) is 2.02. The van der Waals surface area contributed by atoms with E-state index in [0.717, 1.165) is 37.5 Å². The standard InChI is InChI=1S/C15H21N3O/c1-3-18-11-9-14(17-18)12-16-10-8-13-6-4-5-7-15(13)19-2/h4-7,9,11,16H,3,8,10,12H2,1-2H3. The van der Waals surface area contributed by atoms with Crippen molar-refractivity contribution in [3.8, 4) is 5.75 Å². The normalized spacial score (nSPS) is 10.6. The number of ether oxygens (including phenoxy) is 1. The predicted molar refractivity (Wildman–Crippen MR) is 76.3 cm³/mol. The fourth-order valence-corrected chi connectivity index (χ4v) is 2.02. The summed E-state index contributed by atoms with van der Waals surface area (Å²) in [5.41, 5.74) is 2.32. The van der Waals surface area contributed by atoms with Crippen molar-refractivity contribution in [3.63, 3.8) is 0 Å². The van der Waals surface area contributed by atoms with Crippen LogP contribution in [0.4, 0.5) is 0 Å². The molecule has 0 aliphatic carbocycles. The van der Waals surface area contributed by atoms with E-state index in [2.05, 4.69) is 29.5 Å². The van der Waals surface area contributed by atoms with Gasteiger partial charge < -0.3 is 10.1 Å². The number of nitrogens with zero attached hydrogens (tertiary/aromatic N) is 2. The molecule has 0 spiro atoms. The van der Waals surface area contributed by atoms with Gasteiger partial charge in [0.05, 0.1) is 12.8 Å². The molecular formula is C15H21N3O. The lowest BCUT2D eigenvalue weighted by atomic mass is 10.1. The molecule has 1 N–H and O–H groups in total. The van der Waals surface area contributed by atoms with Crippen LogP contribution < -0.4 is 10.1 Å². The largest absolute Gasteiger partial charge is 0.496 e. The van der Waals surface area contributed by atoms with Crippen LogP contribution in [0.3, 0.4) is 0 Å². The second-order valence-corrected chi connectivity index (χ2v) is 4.40. The third kappa shape index (κ3) is 3.83. The number of aryl methyl sites for hydroxylation is 1. The van der Waals surface area contributed by atoms with E-state index in [4.69, 9.17) is 4.74 Å². The van der Waals surface area contributed by atoms with Crippen LogP contribution in [0.15, 0.2) is 36.5 Å². The lowest BCUT2D eigenvalue weighted by Gasteiger charge is -2.08. The van der Waals surface area contributed by atoms with Crippen LogP contribution in [-0.2, 0) is 19.5 Å². The average Bonchev–Trinajstić information content (AvgIpc) is 2.92.